The number of nitrogens with zero attached hydrogens (tertiary/aromatic N) is 2. The lowest BCUT2D eigenvalue weighted by atomic mass is 10.1. The third-order valence-electron chi connectivity index (χ3n) is 5.99. The van der Waals surface area contributed by atoms with Crippen LogP contribution in [-0.2, 0) is 26.2 Å². The molecule has 3 rings (SSSR count). The molecule has 10 heteroatoms. The Labute approximate surface area is 207 Å². The van der Waals surface area contributed by atoms with Gasteiger partial charge >= 0.3 is 0 Å². The Bertz CT molecular complexity index is 1140. The van der Waals surface area contributed by atoms with Crippen molar-refractivity contribution >= 4 is 27.5 Å². The molecule has 1 heterocycles. The molecule has 0 unspecified atom stereocenters. The maximum absolute atomic E-state index is 13.6. The highest BCUT2D eigenvalue weighted by Crippen LogP contribution is 2.36. The zero-order chi connectivity index (χ0) is 25.6. The van der Waals surface area contributed by atoms with Crippen LogP contribution in [0.2, 0.25) is 0 Å². The van der Waals surface area contributed by atoms with Gasteiger partial charge in [0.15, 0.2) is 11.5 Å². The summed E-state index contributed by atoms with van der Waals surface area (Å²) in [4.78, 5) is 27.9. The average Bonchev–Trinajstić information content (AvgIpc) is 3.33. The Hall–Kier alpha value is -3.27. The molecule has 0 fully saturated rings. The SMILES string of the molecule is CC[C@H](C)NC(=O)[C@H](C)N(Cc1ccccc1)C(=O)CN(c1ccc2c(c1)OCO2)S(=O)(=O)CC. The Morgan fingerprint density at radius 1 is 1.03 bits per heavy atom. The van der Waals surface area contributed by atoms with Gasteiger partial charge < -0.3 is 19.7 Å². The van der Waals surface area contributed by atoms with Crippen LogP contribution in [0.3, 0.4) is 0 Å². The van der Waals surface area contributed by atoms with E-state index in [-0.39, 0.29) is 31.0 Å². The summed E-state index contributed by atoms with van der Waals surface area (Å²) >= 11 is 0. The van der Waals surface area contributed by atoms with Gasteiger partial charge in [-0.1, -0.05) is 37.3 Å². The number of hydrogen-bond donors (Lipinski definition) is 1. The molecule has 0 saturated heterocycles. The number of amides is 2. The topological polar surface area (TPSA) is 105 Å². The highest BCUT2D eigenvalue weighted by Gasteiger charge is 2.32. The van der Waals surface area contributed by atoms with Crippen LogP contribution in [0.1, 0.15) is 39.7 Å². The second-order valence-electron chi connectivity index (χ2n) is 8.45. The molecule has 35 heavy (non-hydrogen) atoms. The maximum Gasteiger partial charge on any atom is 0.244 e. The van der Waals surface area contributed by atoms with E-state index in [0.717, 1.165) is 16.3 Å². The van der Waals surface area contributed by atoms with Gasteiger partial charge in [-0.25, -0.2) is 8.42 Å². The van der Waals surface area contributed by atoms with Crippen molar-refractivity contribution in [1.29, 1.82) is 0 Å². The van der Waals surface area contributed by atoms with E-state index in [4.69, 9.17) is 9.47 Å². The molecule has 190 valence electrons. The molecule has 0 radical (unpaired) electrons. The maximum atomic E-state index is 13.6. The van der Waals surface area contributed by atoms with E-state index in [9.17, 15) is 18.0 Å². The van der Waals surface area contributed by atoms with E-state index in [0.29, 0.717) is 17.2 Å². The lowest BCUT2D eigenvalue weighted by molar-refractivity contribution is -0.139. The summed E-state index contributed by atoms with van der Waals surface area (Å²) in [7, 11) is -3.81. The molecule has 2 aromatic rings. The predicted molar refractivity (Wildman–Crippen MR) is 134 cm³/mol. The summed E-state index contributed by atoms with van der Waals surface area (Å²) in [6, 6.07) is 13.2. The highest BCUT2D eigenvalue weighted by atomic mass is 32.2. The predicted octanol–water partition coefficient (Wildman–Crippen LogP) is 2.90. The quantitative estimate of drug-likeness (QED) is 0.506. The smallest absolute Gasteiger partial charge is 0.244 e. The van der Waals surface area contributed by atoms with E-state index in [1.807, 2.05) is 44.2 Å². The number of fused-ring (bicyclic) bond motifs is 1. The van der Waals surface area contributed by atoms with Crippen LogP contribution in [0.25, 0.3) is 0 Å². The number of benzene rings is 2. The molecule has 1 aliphatic rings. The summed E-state index contributed by atoms with van der Waals surface area (Å²) < 4.78 is 37.8. The average molecular weight is 504 g/mol. The fourth-order valence-corrected chi connectivity index (χ4v) is 4.64. The van der Waals surface area contributed by atoms with Gasteiger partial charge in [0, 0.05) is 18.7 Å². The molecular formula is C25H33N3O6S. The molecule has 0 bridgehead atoms. The first-order valence-electron chi connectivity index (χ1n) is 11.7. The van der Waals surface area contributed by atoms with E-state index < -0.39 is 28.5 Å². The summed E-state index contributed by atoms with van der Waals surface area (Å²) in [5.41, 5.74) is 1.12. The molecule has 0 spiro atoms. The molecule has 9 nitrogen and oxygen atoms in total. The summed E-state index contributed by atoms with van der Waals surface area (Å²) in [5.74, 6) is -0.0621. The summed E-state index contributed by atoms with van der Waals surface area (Å²) in [6.45, 7) is 6.78. The first kappa shape index (κ1) is 26.3. The van der Waals surface area contributed by atoms with Crippen molar-refractivity contribution in [2.75, 3.05) is 23.4 Å². The van der Waals surface area contributed by atoms with Gasteiger partial charge in [-0.2, -0.15) is 0 Å². The molecule has 2 atom stereocenters. The van der Waals surface area contributed by atoms with Crippen molar-refractivity contribution in [1.82, 2.24) is 10.2 Å². The largest absolute Gasteiger partial charge is 0.454 e. The van der Waals surface area contributed by atoms with E-state index in [1.165, 1.54) is 11.8 Å². The zero-order valence-electron chi connectivity index (χ0n) is 20.6. The van der Waals surface area contributed by atoms with Crippen LogP contribution in [0.4, 0.5) is 5.69 Å². The third-order valence-corrected chi connectivity index (χ3v) is 7.73. The van der Waals surface area contributed by atoms with Crippen molar-refractivity contribution in [3.63, 3.8) is 0 Å². The standard InChI is InChI=1S/C25H33N3O6S/c1-5-18(3)26-25(30)19(4)27(15-20-10-8-7-9-11-20)24(29)16-28(35(31,32)6-2)21-12-13-22-23(14-21)34-17-33-22/h7-14,18-19H,5-6,15-17H2,1-4H3,(H,26,30)/t18-,19-/m0/s1. The molecule has 0 saturated carbocycles. The van der Waals surface area contributed by atoms with Crippen LogP contribution in [-0.4, -0.2) is 56.3 Å². The number of ether oxygens (including phenoxy) is 2. The van der Waals surface area contributed by atoms with Gasteiger partial charge in [0.25, 0.3) is 0 Å². The van der Waals surface area contributed by atoms with Crippen LogP contribution < -0.4 is 19.1 Å². The van der Waals surface area contributed by atoms with Crippen molar-refractivity contribution in [2.45, 2.75) is 52.7 Å². The first-order valence-corrected chi connectivity index (χ1v) is 13.3. The zero-order valence-corrected chi connectivity index (χ0v) is 21.4. The van der Waals surface area contributed by atoms with Crippen LogP contribution >= 0.6 is 0 Å². The summed E-state index contributed by atoms with van der Waals surface area (Å²) in [6.07, 6.45) is 0.748. The van der Waals surface area contributed by atoms with E-state index in [1.54, 1.807) is 25.1 Å². The molecule has 1 N–H and O–H groups in total. The number of nitrogens with one attached hydrogen (secondary N) is 1. The van der Waals surface area contributed by atoms with Gasteiger partial charge in [0.05, 0.1) is 11.4 Å². The molecule has 0 aromatic heterocycles. The second kappa shape index (κ2) is 11.4. The van der Waals surface area contributed by atoms with Crippen LogP contribution in [0.5, 0.6) is 11.5 Å². The van der Waals surface area contributed by atoms with Gasteiger partial charge in [0.2, 0.25) is 28.6 Å². The van der Waals surface area contributed by atoms with E-state index >= 15 is 0 Å². The Balaban J connectivity index is 1.92. The summed E-state index contributed by atoms with van der Waals surface area (Å²) in [5, 5.41) is 2.91. The fraction of sp³-hybridized carbons (Fsp3) is 0.440. The molecule has 2 aromatic carbocycles. The van der Waals surface area contributed by atoms with E-state index in [2.05, 4.69) is 5.32 Å². The lowest BCUT2D eigenvalue weighted by Gasteiger charge is -2.32. The van der Waals surface area contributed by atoms with Crippen molar-refractivity contribution < 1.29 is 27.5 Å². The number of carbonyl (C=O) groups excluding carboxylic acids is 2. The number of carbonyl (C=O) groups is 2. The van der Waals surface area contributed by atoms with Crippen molar-refractivity contribution in [2.24, 2.45) is 0 Å². The van der Waals surface area contributed by atoms with Crippen molar-refractivity contribution in [3.05, 3.63) is 54.1 Å². The number of rotatable bonds is 11. The lowest BCUT2D eigenvalue weighted by Crippen LogP contribution is -2.52. The van der Waals surface area contributed by atoms with Crippen LogP contribution in [0.15, 0.2) is 48.5 Å². The Morgan fingerprint density at radius 2 is 1.71 bits per heavy atom. The van der Waals surface area contributed by atoms with Gasteiger partial charge in [-0.3, -0.25) is 13.9 Å². The Kier molecular flexibility index (Phi) is 8.61. The molecule has 2 amide bonds. The fourth-order valence-electron chi connectivity index (χ4n) is 3.59. The van der Waals surface area contributed by atoms with Gasteiger partial charge in [-0.05, 0) is 44.9 Å². The highest BCUT2D eigenvalue weighted by molar-refractivity contribution is 7.92. The van der Waals surface area contributed by atoms with Crippen LogP contribution in [0, 0.1) is 0 Å². The minimum absolute atomic E-state index is 0.0475. The number of sulfonamides is 1. The minimum atomic E-state index is -3.81. The Morgan fingerprint density at radius 3 is 2.37 bits per heavy atom. The van der Waals surface area contributed by atoms with Gasteiger partial charge in [0.1, 0.15) is 12.6 Å². The molecular weight excluding hydrogens is 470 g/mol. The first-order chi connectivity index (χ1) is 16.7. The third kappa shape index (κ3) is 6.45. The minimum Gasteiger partial charge on any atom is -0.454 e. The van der Waals surface area contributed by atoms with Crippen molar-refractivity contribution in [3.8, 4) is 11.5 Å². The second-order valence-corrected chi connectivity index (χ2v) is 10.6. The number of anilines is 1. The van der Waals surface area contributed by atoms with Gasteiger partial charge in [-0.15, -0.1) is 0 Å². The molecule has 1 aliphatic heterocycles. The monoisotopic (exact) mass is 503 g/mol. The molecule has 0 aliphatic carbocycles. The number of hydrogen-bond acceptors (Lipinski definition) is 6. The normalized spacial score (nSPS) is 14.2.